The van der Waals surface area contributed by atoms with Crippen molar-refractivity contribution < 1.29 is 5.11 Å². The molecule has 2 N–H and O–H groups in total. The molecule has 0 saturated carbocycles. The molecule has 1 aromatic heterocycles. The molecule has 116 valence electrons. The Hall–Kier alpha value is -1.85. The maximum atomic E-state index is 12.0. The molecule has 0 fully saturated rings. The van der Waals surface area contributed by atoms with Crippen molar-refractivity contribution in [3.05, 3.63) is 56.1 Å². The van der Waals surface area contributed by atoms with Gasteiger partial charge < -0.3 is 5.11 Å². The summed E-state index contributed by atoms with van der Waals surface area (Å²) in [5.74, 6) is -0.198. The normalized spacial score (nSPS) is 12.0. The first-order chi connectivity index (χ1) is 10.2. The largest absolute Gasteiger partial charge is 0.494 e. The van der Waals surface area contributed by atoms with Crippen molar-refractivity contribution in [3.8, 4) is 11.6 Å². The topological polar surface area (TPSA) is 58.0 Å². The van der Waals surface area contributed by atoms with Gasteiger partial charge in [-0.25, -0.2) is 0 Å². The zero-order chi connectivity index (χ0) is 16.5. The lowest BCUT2D eigenvalue weighted by atomic mass is 9.95. The molecular weight excluding hydrogens is 320 g/mol. The number of aromatic amines is 1. The van der Waals surface area contributed by atoms with Gasteiger partial charge in [-0.05, 0) is 48.0 Å². The lowest BCUT2D eigenvalue weighted by Crippen LogP contribution is -2.16. The van der Waals surface area contributed by atoms with Crippen molar-refractivity contribution in [2.24, 2.45) is 5.41 Å². The summed E-state index contributed by atoms with van der Waals surface area (Å²) < 4.78 is 1.52. The molecule has 0 saturated heterocycles. The van der Waals surface area contributed by atoms with Gasteiger partial charge in [-0.3, -0.25) is 14.3 Å². The number of rotatable bonds is 2. The lowest BCUT2D eigenvalue weighted by molar-refractivity contribution is 0.432. The van der Waals surface area contributed by atoms with E-state index in [-0.39, 0.29) is 21.6 Å². The minimum absolute atomic E-state index is 0.114. The zero-order valence-electron chi connectivity index (χ0n) is 12.6. The Labute approximate surface area is 138 Å². The number of aromatic nitrogens is 2. The summed E-state index contributed by atoms with van der Waals surface area (Å²) in [6.45, 7) is 6.01. The fraction of sp³-hybridized carbons (Fsp3) is 0.250. The third kappa shape index (κ3) is 3.67. The molecule has 0 aliphatic carbocycles. The van der Waals surface area contributed by atoms with Gasteiger partial charge in [0.25, 0.3) is 5.56 Å². The summed E-state index contributed by atoms with van der Waals surface area (Å²) in [4.78, 5) is 14.6. The number of hydrogen-bond donors (Lipinski definition) is 2. The highest BCUT2D eigenvalue weighted by atomic mass is 35.5. The van der Waals surface area contributed by atoms with E-state index in [4.69, 9.17) is 23.8 Å². The molecule has 0 amide bonds. The lowest BCUT2D eigenvalue weighted by Gasteiger charge is -2.13. The molecule has 0 aliphatic rings. The fourth-order valence-electron chi connectivity index (χ4n) is 1.85. The molecular formula is C16H17ClN2O2S. The molecule has 0 bridgehead atoms. The molecule has 0 aliphatic heterocycles. The van der Waals surface area contributed by atoms with E-state index in [1.807, 2.05) is 26.8 Å². The van der Waals surface area contributed by atoms with Gasteiger partial charge >= 0.3 is 0 Å². The van der Waals surface area contributed by atoms with Crippen molar-refractivity contribution >= 4 is 29.9 Å². The van der Waals surface area contributed by atoms with Crippen LogP contribution in [0.4, 0.5) is 0 Å². The van der Waals surface area contributed by atoms with Crippen LogP contribution in [-0.4, -0.2) is 14.7 Å². The maximum Gasteiger partial charge on any atom is 0.262 e. The van der Waals surface area contributed by atoms with E-state index in [0.717, 1.165) is 0 Å². The number of benzene rings is 1. The third-order valence-electron chi connectivity index (χ3n) is 2.96. The molecule has 2 aromatic rings. The van der Waals surface area contributed by atoms with Crippen LogP contribution in [0.5, 0.6) is 5.88 Å². The predicted octanol–water partition coefficient (Wildman–Crippen LogP) is 4.31. The van der Waals surface area contributed by atoms with E-state index >= 15 is 0 Å². The van der Waals surface area contributed by atoms with Crippen molar-refractivity contribution in [3.63, 3.8) is 0 Å². The number of aromatic hydroxyl groups is 1. The van der Waals surface area contributed by atoms with Gasteiger partial charge in [0.2, 0.25) is 5.88 Å². The molecule has 4 nitrogen and oxygen atoms in total. The number of allylic oxidation sites excluding steroid dienone is 1. The van der Waals surface area contributed by atoms with Crippen molar-refractivity contribution in [2.45, 2.75) is 20.8 Å². The molecule has 0 unspecified atom stereocenters. The monoisotopic (exact) mass is 336 g/mol. The quantitative estimate of drug-likeness (QED) is 0.803. The molecule has 0 spiro atoms. The number of hydrogen-bond acceptors (Lipinski definition) is 3. The Balaban J connectivity index is 2.66. The van der Waals surface area contributed by atoms with Gasteiger partial charge in [-0.15, -0.1) is 0 Å². The summed E-state index contributed by atoms with van der Waals surface area (Å²) in [7, 11) is 0. The van der Waals surface area contributed by atoms with Crippen LogP contribution in [-0.2, 0) is 0 Å². The zero-order valence-corrected chi connectivity index (χ0v) is 14.1. The van der Waals surface area contributed by atoms with Crippen LogP contribution in [0.3, 0.4) is 0 Å². The van der Waals surface area contributed by atoms with Crippen LogP contribution < -0.4 is 5.56 Å². The van der Waals surface area contributed by atoms with Crippen LogP contribution in [0.15, 0.2) is 35.1 Å². The Bertz CT molecular complexity index is 827. The Morgan fingerprint density at radius 3 is 2.41 bits per heavy atom. The highest BCUT2D eigenvalue weighted by molar-refractivity contribution is 7.71. The average Bonchev–Trinajstić information content (AvgIpc) is 2.39. The van der Waals surface area contributed by atoms with Crippen LogP contribution in [0, 0.1) is 10.2 Å². The molecule has 22 heavy (non-hydrogen) atoms. The minimum Gasteiger partial charge on any atom is -0.494 e. The van der Waals surface area contributed by atoms with E-state index in [0.29, 0.717) is 10.7 Å². The maximum absolute atomic E-state index is 12.0. The second-order valence-corrected chi connectivity index (χ2v) is 6.83. The van der Waals surface area contributed by atoms with Crippen LogP contribution >= 0.6 is 23.8 Å². The second kappa shape index (κ2) is 6.10. The molecule has 2 rings (SSSR count). The number of nitrogens with one attached hydrogen (secondary N) is 1. The molecule has 0 radical (unpaired) electrons. The van der Waals surface area contributed by atoms with E-state index in [9.17, 15) is 9.90 Å². The summed E-state index contributed by atoms with van der Waals surface area (Å²) in [6, 6.07) is 6.81. The standard InChI is InChI=1S/C16H17ClN2O2S/c1-16(2,3)9-8-12-13(20)18-15(22)19(14(12)21)11-6-4-10(17)5-7-11/h4-9,21H,1-3H3,(H,18,20,22). The van der Waals surface area contributed by atoms with Crippen LogP contribution in [0.2, 0.25) is 5.02 Å². The van der Waals surface area contributed by atoms with Crippen LogP contribution in [0.1, 0.15) is 26.3 Å². The number of halogens is 1. The van der Waals surface area contributed by atoms with E-state index in [1.165, 1.54) is 4.57 Å². The van der Waals surface area contributed by atoms with Crippen molar-refractivity contribution in [1.29, 1.82) is 0 Å². The van der Waals surface area contributed by atoms with E-state index in [2.05, 4.69) is 4.98 Å². The predicted molar refractivity (Wildman–Crippen MR) is 92.4 cm³/mol. The van der Waals surface area contributed by atoms with Gasteiger partial charge in [0, 0.05) is 5.02 Å². The van der Waals surface area contributed by atoms with Gasteiger partial charge in [0.15, 0.2) is 4.77 Å². The van der Waals surface area contributed by atoms with Gasteiger partial charge in [0.05, 0.1) is 11.3 Å². The molecule has 1 heterocycles. The second-order valence-electron chi connectivity index (χ2n) is 6.01. The summed E-state index contributed by atoms with van der Waals surface area (Å²) >= 11 is 11.0. The highest BCUT2D eigenvalue weighted by Crippen LogP contribution is 2.23. The molecule has 6 heteroatoms. The van der Waals surface area contributed by atoms with Gasteiger partial charge in [0.1, 0.15) is 0 Å². The average molecular weight is 337 g/mol. The highest BCUT2D eigenvalue weighted by Gasteiger charge is 2.13. The SMILES string of the molecule is CC(C)(C)C=Cc1c(O)n(-c2ccc(Cl)cc2)c(=S)[nH]c1=O. The Kier molecular flexibility index (Phi) is 4.58. The van der Waals surface area contributed by atoms with Crippen LogP contribution in [0.25, 0.3) is 11.8 Å². The molecule has 1 aromatic carbocycles. The Morgan fingerprint density at radius 2 is 1.86 bits per heavy atom. The number of nitrogens with zero attached hydrogens (tertiary/aromatic N) is 1. The first-order valence-electron chi connectivity index (χ1n) is 6.72. The van der Waals surface area contributed by atoms with Crippen molar-refractivity contribution in [2.75, 3.05) is 0 Å². The summed E-state index contributed by atoms with van der Waals surface area (Å²) in [5, 5.41) is 11.0. The first-order valence-corrected chi connectivity index (χ1v) is 7.51. The molecule has 0 atom stereocenters. The summed E-state index contributed by atoms with van der Waals surface area (Å²) in [5.41, 5.74) is 0.247. The fourth-order valence-corrected chi connectivity index (χ4v) is 2.26. The third-order valence-corrected chi connectivity index (χ3v) is 3.49. The van der Waals surface area contributed by atoms with E-state index < -0.39 is 5.56 Å². The van der Waals surface area contributed by atoms with E-state index in [1.54, 1.807) is 30.3 Å². The van der Waals surface area contributed by atoms with Gasteiger partial charge in [-0.2, -0.15) is 0 Å². The Morgan fingerprint density at radius 1 is 1.27 bits per heavy atom. The smallest absolute Gasteiger partial charge is 0.262 e. The van der Waals surface area contributed by atoms with Crippen molar-refractivity contribution in [1.82, 2.24) is 9.55 Å². The summed E-state index contributed by atoms with van der Waals surface area (Å²) in [6.07, 6.45) is 3.46. The number of H-pyrrole nitrogens is 1. The van der Waals surface area contributed by atoms with Gasteiger partial charge in [-0.1, -0.05) is 38.4 Å². The minimum atomic E-state index is -0.423. The first kappa shape index (κ1) is 16.5.